The van der Waals surface area contributed by atoms with Crippen LogP contribution in [0.4, 0.5) is 4.39 Å². The Bertz CT molecular complexity index is 458. The van der Waals surface area contributed by atoms with Gasteiger partial charge in [0.25, 0.3) is 0 Å². The van der Waals surface area contributed by atoms with Crippen molar-refractivity contribution in [2.24, 2.45) is 10.7 Å². The summed E-state index contributed by atoms with van der Waals surface area (Å²) in [5.41, 5.74) is 7.31. The fraction of sp³-hybridized carbons (Fsp3) is 0.308. The maximum atomic E-state index is 13.2. The van der Waals surface area contributed by atoms with Crippen molar-refractivity contribution in [3.05, 3.63) is 41.7 Å². The van der Waals surface area contributed by atoms with Crippen LogP contribution in [0.25, 0.3) is 0 Å². The smallest absolute Gasteiger partial charge is 0.189 e. The summed E-state index contributed by atoms with van der Waals surface area (Å²) in [5, 5.41) is 2.90. The Morgan fingerprint density at radius 3 is 2.83 bits per heavy atom. The van der Waals surface area contributed by atoms with Gasteiger partial charge in [-0.15, -0.1) is 0 Å². The highest BCUT2D eigenvalue weighted by atomic mass is 19.1. The van der Waals surface area contributed by atoms with Gasteiger partial charge < -0.3 is 15.8 Å². The number of halogens is 1. The van der Waals surface area contributed by atoms with Gasteiger partial charge in [0.05, 0.1) is 13.7 Å². The average Bonchev–Trinajstić information content (AvgIpc) is 2.33. The molecule has 0 spiro atoms. The van der Waals surface area contributed by atoms with Crippen molar-refractivity contribution in [1.82, 2.24) is 5.32 Å². The molecule has 0 saturated carbocycles. The lowest BCUT2D eigenvalue weighted by Crippen LogP contribution is -2.32. The first kappa shape index (κ1) is 14.0. The summed E-state index contributed by atoms with van der Waals surface area (Å²) in [6, 6.07) is 4.44. The van der Waals surface area contributed by atoms with Crippen LogP contribution in [0.15, 0.2) is 35.3 Å². The number of ether oxygens (including phenoxy) is 1. The van der Waals surface area contributed by atoms with Gasteiger partial charge in [-0.3, -0.25) is 0 Å². The van der Waals surface area contributed by atoms with Crippen LogP contribution >= 0.6 is 0 Å². The SMILES string of the molecule is C=C(C)CNC(N)=NCc1cc(F)cc(OC)c1. The topological polar surface area (TPSA) is 59.6 Å². The second-order valence-electron chi connectivity index (χ2n) is 4.01. The maximum Gasteiger partial charge on any atom is 0.189 e. The second kappa shape index (κ2) is 6.64. The zero-order chi connectivity index (χ0) is 13.5. The van der Waals surface area contributed by atoms with E-state index in [9.17, 15) is 4.39 Å². The zero-order valence-electron chi connectivity index (χ0n) is 10.7. The highest BCUT2D eigenvalue weighted by Crippen LogP contribution is 2.16. The van der Waals surface area contributed by atoms with Gasteiger partial charge >= 0.3 is 0 Å². The average molecular weight is 251 g/mol. The minimum atomic E-state index is -0.354. The molecule has 1 rings (SSSR count). The molecule has 98 valence electrons. The number of nitrogens with two attached hydrogens (primary N) is 1. The Balaban J connectivity index is 2.64. The Kier molecular flexibility index (Phi) is 5.17. The summed E-state index contributed by atoms with van der Waals surface area (Å²) in [5.74, 6) is 0.419. The van der Waals surface area contributed by atoms with Gasteiger partial charge in [-0.25, -0.2) is 9.38 Å². The largest absolute Gasteiger partial charge is 0.497 e. The van der Waals surface area contributed by atoms with E-state index in [0.29, 0.717) is 30.4 Å². The van der Waals surface area contributed by atoms with E-state index in [2.05, 4.69) is 16.9 Å². The normalized spacial score (nSPS) is 11.2. The maximum absolute atomic E-state index is 13.2. The molecule has 5 heteroatoms. The summed E-state index contributed by atoms with van der Waals surface area (Å²) in [7, 11) is 1.49. The van der Waals surface area contributed by atoms with E-state index in [1.165, 1.54) is 19.2 Å². The number of nitrogens with zero attached hydrogens (tertiary/aromatic N) is 1. The van der Waals surface area contributed by atoms with Crippen LogP contribution in [0, 0.1) is 5.82 Å². The quantitative estimate of drug-likeness (QED) is 0.476. The number of nitrogens with one attached hydrogen (secondary N) is 1. The number of guanidine groups is 1. The van der Waals surface area contributed by atoms with E-state index >= 15 is 0 Å². The van der Waals surface area contributed by atoms with Crippen molar-refractivity contribution in [2.45, 2.75) is 13.5 Å². The van der Waals surface area contributed by atoms with Crippen LogP contribution in [-0.4, -0.2) is 19.6 Å². The molecule has 0 aliphatic carbocycles. The van der Waals surface area contributed by atoms with Gasteiger partial charge in [0, 0.05) is 12.6 Å². The number of aliphatic imine (C=N–C) groups is 1. The van der Waals surface area contributed by atoms with Gasteiger partial charge in [-0.05, 0) is 24.6 Å². The summed E-state index contributed by atoms with van der Waals surface area (Å²) in [6.07, 6.45) is 0. The third kappa shape index (κ3) is 4.86. The van der Waals surface area contributed by atoms with Crippen LogP contribution in [0.5, 0.6) is 5.75 Å². The Morgan fingerprint density at radius 2 is 2.22 bits per heavy atom. The molecule has 0 aromatic heterocycles. The van der Waals surface area contributed by atoms with E-state index in [1.54, 1.807) is 6.07 Å². The number of methoxy groups -OCH3 is 1. The highest BCUT2D eigenvalue weighted by molar-refractivity contribution is 5.78. The van der Waals surface area contributed by atoms with Crippen LogP contribution in [-0.2, 0) is 6.54 Å². The fourth-order valence-corrected chi connectivity index (χ4v) is 1.30. The van der Waals surface area contributed by atoms with Crippen LogP contribution in [0.3, 0.4) is 0 Å². The van der Waals surface area contributed by atoms with Gasteiger partial charge in [-0.1, -0.05) is 12.2 Å². The predicted octanol–water partition coefficient (Wildman–Crippen LogP) is 1.81. The molecule has 0 unspecified atom stereocenters. The minimum Gasteiger partial charge on any atom is -0.497 e. The molecule has 0 radical (unpaired) electrons. The molecule has 0 atom stereocenters. The summed E-state index contributed by atoms with van der Waals surface area (Å²) in [6.45, 7) is 6.49. The third-order valence-electron chi connectivity index (χ3n) is 2.17. The van der Waals surface area contributed by atoms with E-state index < -0.39 is 0 Å². The van der Waals surface area contributed by atoms with Crippen molar-refractivity contribution >= 4 is 5.96 Å². The summed E-state index contributed by atoms with van der Waals surface area (Å²) < 4.78 is 18.2. The lowest BCUT2D eigenvalue weighted by atomic mass is 10.2. The van der Waals surface area contributed by atoms with Crippen LogP contribution in [0.1, 0.15) is 12.5 Å². The Morgan fingerprint density at radius 1 is 1.50 bits per heavy atom. The number of benzene rings is 1. The van der Waals surface area contributed by atoms with Crippen LogP contribution < -0.4 is 15.8 Å². The molecular formula is C13H18FN3O. The van der Waals surface area contributed by atoms with Gasteiger partial charge in [0.15, 0.2) is 5.96 Å². The van der Waals surface area contributed by atoms with E-state index in [4.69, 9.17) is 10.5 Å². The van der Waals surface area contributed by atoms with E-state index in [-0.39, 0.29) is 5.82 Å². The number of hydrogen-bond donors (Lipinski definition) is 2. The first-order chi connectivity index (χ1) is 8.51. The number of rotatable bonds is 5. The molecule has 0 heterocycles. The molecule has 18 heavy (non-hydrogen) atoms. The predicted molar refractivity (Wildman–Crippen MR) is 71.1 cm³/mol. The Hall–Kier alpha value is -2.04. The molecular weight excluding hydrogens is 233 g/mol. The second-order valence-corrected chi connectivity index (χ2v) is 4.01. The van der Waals surface area contributed by atoms with E-state index in [0.717, 1.165) is 5.57 Å². The lowest BCUT2D eigenvalue weighted by Gasteiger charge is -2.06. The molecule has 4 nitrogen and oxygen atoms in total. The van der Waals surface area contributed by atoms with Crippen molar-refractivity contribution in [2.75, 3.05) is 13.7 Å². The van der Waals surface area contributed by atoms with Crippen LogP contribution in [0.2, 0.25) is 0 Å². The van der Waals surface area contributed by atoms with Gasteiger partial charge in [0.2, 0.25) is 0 Å². The zero-order valence-corrected chi connectivity index (χ0v) is 10.7. The molecule has 0 amide bonds. The molecule has 0 aliphatic heterocycles. The van der Waals surface area contributed by atoms with Crippen molar-refractivity contribution < 1.29 is 9.13 Å². The third-order valence-corrected chi connectivity index (χ3v) is 2.17. The molecule has 3 N–H and O–H groups in total. The summed E-state index contributed by atoms with van der Waals surface area (Å²) in [4.78, 5) is 4.10. The Labute approximate surface area is 106 Å². The summed E-state index contributed by atoms with van der Waals surface area (Å²) >= 11 is 0. The molecule has 0 fully saturated rings. The van der Waals surface area contributed by atoms with Crippen molar-refractivity contribution in [3.63, 3.8) is 0 Å². The van der Waals surface area contributed by atoms with E-state index in [1.807, 2.05) is 6.92 Å². The first-order valence-electron chi connectivity index (χ1n) is 5.53. The first-order valence-corrected chi connectivity index (χ1v) is 5.53. The van der Waals surface area contributed by atoms with Gasteiger partial charge in [0.1, 0.15) is 11.6 Å². The highest BCUT2D eigenvalue weighted by Gasteiger charge is 2.01. The molecule has 0 saturated heterocycles. The fourth-order valence-electron chi connectivity index (χ4n) is 1.30. The molecule has 1 aromatic rings. The molecule has 0 aliphatic rings. The molecule has 0 bridgehead atoms. The standard InChI is InChI=1S/C13H18FN3O/c1-9(2)7-16-13(15)17-8-10-4-11(14)6-12(5-10)18-3/h4-6H,1,7-8H2,2-3H3,(H3,15,16,17). The molecule has 1 aromatic carbocycles. The van der Waals surface area contributed by atoms with Gasteiger partial charge in [-0.2, -0.15) is 0 Å². The monoisotopic (exact) mass is 251 g/mol. The minimum absolute atomic E-state index is 0.295. The van der Waals surface area contributed by atoms with Crippen molar-refractivity contribution in [3.8, 4) is 5.75 Å². The van der Waals surface area contributed by atoms with Crippen molar-refractivity contribution in [1.29, 1.82) is 0 Å². The number of hydrogen-bond acceptors (Lipinski definition) is 2. The lowest BCUT2D eigenvalue weighted by molar-refractivity contribution is 0.410.